The molecule has 24 heavy (non-hydrogen) atoms. The molecule has 8 heteroatoms. The maximum atomic E-state index is 5.90. The number of likely N-dealkylation sites (N-methyl/N-ethyl adjacent to an activating group) is 1. The second kappa shape index (κ2) is 6.14. The van der Waals surface area contributed by atoms with Gasteiger partial charge in [-0.25, -0.2) is 9.97 Å². The molecule has 0 aliphatic carbocycles. The monoisotopic (exact) mass is 326 g/mol. The van der Waals surface area contributed by atoms with Gasteiger partial charge in [-0.3, -0.25) is 4.57 Å². The zero-order valence-corrected chi connectivity index (χ0v) is 13.5. The van der Waals surface area contributed by atoms with Gasteiger partial charge in [-0.2, -0.15) is 0 Å². The fraction of sp³-hybridized carbons (Fsp3) is 0.375. The summed E-state index contributed by atoms with van der Waals surface area (Å²) in [6, 6.07) is 3.78. The first-order chi connectivity index (χ1) is 11.7. The van der Waals surface area contributed by atoms with Gasteiger partial charge in [0.15, 0.2) is 0 Å². The molecular weight excluding hydrogens is 308 g/mol. The van der Waals surface area contributed by atoms with Gasteiger partial charge in [0, 0.05) is 31.7 Å². The van der Waals surface area contributed by atoms with Gasteiger partial charge >= 0.3 is 0 Å². The Morgan fingerprint density at radius 1 is 1.21 bits per heavy atom. The molecule has 1 aliphatic rings. The summed E-state index contributed by atoms with van der Waals surface area (Å²) in [5, 5.41) is 8.28. The molecule has 0 aromatic carbocycles. The molecule has 3 aromatic heterocycles. The van der Waals surface area contributed by atoms with Crippen LogP contribution in [0.25, 0.3) is 17.3 Å². The average Bonchev–Trinajstić information content (AvgIpc) is 3.26. The third kappa shape index (κ3) is 2.93. The maximum absolute atomic E-state index is 5.90. The molecule has 4 rings (SSSR count). The predicted molar refractivity (Wildman–Crippen MR) is 85.4 cm³/mol. The van der Waals surface area contributed by atoms with Crippen LogP contribution in [0.15, 0.2) is 41.5 Å². The fourth-order valence-electron chi connectivity index (χ4n) is 2.84. The highest BCUT2D eigenvalue weighted by molar-refractivity contribution is 5.52. The topological polar surface area (TPSA) is 82.1 Å². The van der Waals surface area contributed by atoms with Crippen molar-refractivity contribution in [2.75, 3.05) is 20.1 Å². The molecule has 1 aliphatic heterocycles. The molecule has 0 amide bonds. The first-order valence-electron chi connectivity index (χ1n) is 7.81. The van der Waals surface area contributed by atoms with Crippen LogP contribution in [0.4, 0.5) is 0 Å². The Kier molecular flexibility index (Phi) is 3.83. The fourth-order valence-corrected chi connectivity index (χ4v) is 2.84. The number of aromatic nitrogens is 5. The molecule has 1 saturated heterocycles. The van der Waals surface area contributed by atoms with Gasteiger partial charge in [-0.1, -0.05) is 0 Å². The number of imidazole rings is 1. The Bertz CT molecular complexity index is 788. The summed E-state index contributed by atoms with van der Waals surface area (Å²) in [4.78, 5) is 10.6. The van der Waals surface area contributed by atoms with Crippen molar-refractivity contribution in [3.8, 4) is 17.3 Å². The lowest BCUT2D eigenvalue weighted by atomic mass is 10.2. The van der Waals surface area contributed by atoms with E-state index in [1.807, 2.05) is 29.8 Å². The van der Waals surface area contributed by atoms with Gasteiger partial charge in [0.1, 0.15) is 18.2 Å². The maximum Gasteiger partial charge on any atom is 0.249 e. The van der Waals surface area contributed by atoms with Crippen LogP contribution in [0.1, 0.15) is 18.9 Å². The first kappa shape index (κ1) is 15.0. The van der Waals surface area contributed by atoms with Crippen LogP contribution in [0.5, 0.6) is 0 Å². The molecule has 0 spiro atoms. The third-order valence-corrected chi connectivity index (χ3v) is 3.92. The molecule has 3 aromatic rings. The molecule has 0 saturated carbocycles. The molecule has 0 bridgehead atoms. The standard InChI is InChI=1S/C16H18N6O2/c1-11-8-21(2)9-13(23-11)16-20-19-15(24-16)12-3-4-14(18-7-12)22-6-5-17-10-22/h3-7,10-11,13H,8-9H2,1-2H3/t11-,13-/m1/s1. The normalized spacial score (nSPS) is 21.9. The second-order valence-corrected chi connectivity index (χ2v) is 5.98. The van der Waals surface area contributed by atoms with E-state index in [0.717, 1.165) is 24.5 Å². The lowest BCUT2D eigenvalue weighted by Crippen LogP contribution is -2.40. The summed E-state index contributed by atoms with van der Waals surface area (Å²) in [6.07, 6.45) is 6.90. The van der Waals surface area contributed by atoms with E-state index in [1.165, 1.54) is 0 Å². The third-order valence-electron chi connectivity index (χ3n) is 3.92. The van der Waals surface area contributed by atoms with Crippen LogP contribution in [0.2, 0.25) is 0 Å². The Hall–Kier alpha value is -2.58. The van der Waals surface area contributed by atoms with Crippen molar-refractivity contribution in [1.29, 1.82) is 0 Å². The number of hydrogen-bond donors (Lipinski definition) is 0. The summed E-state index contributed by atoms with van der Waals surface area (Å²) in [5.41, 5.74) is 0.773. The van der Waals surface area contributed by atoms with E-state index in [0.29, 0.717) is 11.8 Å². The Morgan fingerprint density at radius 2 is 2.12 bits per heavy atom. The van der Waals surface area contributed by atoms with E-state index in [9.17, 15) is 0 Å². The minimum atomic E-state index is -0.196. The van der Waals surface area contributed by atoms with E-state index >= 15 is 0 Å². The quantitative estimate of drug-likeness (QED) is 0.724. The summed E-state index contributed by atoms with van der Waals surface area (Å²) in [5.74, 6) is 1.73. The molecule has 1 fully saturated rings. The molecule has 4 heterocycles. The van der Waals surface area contributed by atoms with Crippen molar-refractivity contribution in [2.45, 2.75) is 19.1 Å². The molecule has 0 N–H and O–H groups in total. The number of pyridine rings is 1. The van der Waals surface area contributed by atoms with Crippen molar-refractivity contribution in [1.82, 2.24) is 29.6 Å². The minimum Gasteiger partial charge on any atom is -0.418 e. The van der Waals surface area contributed by atoms with Crippen molar-refractivity contribution in [3.05, 3.63) is 42.9 Å². The Balaban J connectivity index is 1.54. The van der Waals surface area contributed by atoms with Crippen molar-refractivity contribution >= 4 is 0 Å². The van der Waals surface area contributed by atoms with E-state index in [1.54, 1.807) is 18.7 Å². The summed E-state index contributed by atoms with van der Waals surface area (Å²) >= 11 is 0. The lowest BCUT2D eigenvalue weighted by Gasteiger charge is -2.32. The average molecular weight is 326 g/mol. The summed E-state index contributed by atoms with van der Waals surface area (Å²) in [6.45, 7) is 3.68. The highest BCUT2D eigenvalue weighted by Gasteiger charge is 2.28. The van der Waals surface area contributed by atoms with Crippen LogP contribution in [-0.2, 0) is 4.74 Å². The number of ether oxygens (including phenoxy) is 1. The van der Waals surface area contributed by atoms with Crippen LogP contribution < -0.4 is 0 Å². The van der Waals surface area contributed by atoms with Crippen molar-refractivity contribution in [3.63, 3.8) is 0 Å². The highest BCUT2D eigenvalue weighted by Crippen LogP contribution is 2.26. The molecule has 2 atom stereocenters. The smallest absolute Gasteiger partial charge is 0.249 e. The van der Waals surface area contributed by atoms with Crippen LogP contribution >= 0.6 is 0 Å². The van der Waals surface area contributed by atoms with Crippen LogP contribution in [0.3, 0.4) is 0 Å². The van der Waals surface area contributed by atoms with Gasteiger partial charge in [-0.05, 0) is 26.1 Å². The van der Waals surface area contributed by atoms with Gasteiger partial charge < -0.3 is 14.1 Å². The largest absolute Gasteiger partial charge is 0.418 e. The van der Waals surface area contributed by atoms with E-state index < -0.39 is 0 Å². The number of morpholine rings is 1. The van der Waals surface area contributed by atoms with Gasteiger partial charge in [0.25, 0.3) is 0 Å². The predicted octanol–water partition coefficient (Wildman–Crippen LogP) is 1.71. The SMILES string of the molecule is C[C@@H]1CN(C)C[C@H](c2nnc(-c3ccc(-n4ccnc4)nc3)o2)O1. The van der Waals surface area contributed by atoms with Gasteiger partial charge in [0.2, 0.25) is 11.8 Å². The molecule has 124 valence electrons. The zero-order chi connectivity index (χ0) is 16.5. The molecule has 8 nitrogen and oxygen atoms in total. The van der Waals surface area contributed by atoms with Crippen LogP contribution in [0, 0.1) is 0 Å². The molecular formula is C16H18N6O2. The van der Waals surface area contributed by atoms with E-state index in [4.69, 9.17) is 9.15 Å². The Labute approximate surface area is 139 Å². The van der Waals surface area contributed by atoms with Crippen molar-refractivity contribution in [2.24, 2.45) is 0 Å². The van der Waals surface area contributed by atoms with Crippen molar-refractivity contribution < 1.29 is 9.15 Å². The number of nitrogens with zero attached hydrogens (tertiary/aromatic N) is 6. The van der Waals surface area contributed by atoms with Gasteiger partial charge in [0.05, 0.1) is 11.7 Å². The number of hydrogen-bond acceptors (Lipinski definition) is 7. The van der Waals surface area contributed by atoms with E-state index in [2.05, 4.69) is 32.1 Å². The Morgan fingerprint density at radius 3 is 2.83 bits per heavy atom. The summed E-state index contributed by atoms with van der Waals surface area (Å²) in [7, 11) is 2.06. The van der Waals surface area contributed by atoms with Gasteiger partial charge in [-0.15, -0.1) is 10.2 Å². The van der Waals surface area contributed by atoms with Crippen LogP contribution in [-0.4, -0.2) is 55.9 Å². The van der Waals surface area contributed by atoms with E-state index in [-0.39, 0.29) is 12.2 Å². The molecule has 0 radical (unpaired) electrons. The number of rotatable bonds is 3. The first-order valence-corrected chi connectivity index (χ1v) is 7.81. The highest BCUT2D eigenvalue weighted by atomic mass is 16.5. The lowest BCUT2D eigenvalue weighted by molar-refractivity contribution is -0.0821. The summed E-state index contributed by atoms with van der Waals surface area (Å²) < 4.78 is 13.5. The zero-order valence-electron chi connectivity index (χ0n) is 13.5. The minimum absolute atomic E-state index is 0.139. The second-order valence-electron chi connectivity index (χ2n) is 5.98. The molecule has 0 unspecified atom stereocenters.